The normalized spacial score (nSPS) is 26.3. The number of piperidine rings is 1. The second-order valence-corrected chi connectivity index (χ2v) is 9.04. The van der Waals surface area contributed by atoms with Crippen LogP contribution in [0.4, 0.5) is 0 Å². The molecule has 3 aliphatic rings. The Hall–Kier alpha value is -1.67. The third-order valence-electron chi connectivity index (χ3n) is 7.02. The summed E-state index contributed by atoms with van der Waals surface area (Å²) in [4.78, 5) is 12.1. The summed E-state index contributed by atoms with van der Waals surface area (Å²) in [7, 11) is 3.68. The molecule has 7 heteroatoms. The van der Waals surface area contributed by atoms with Crippen LogP contribution in [-0.4, -0.2) is 106 Å². The number of aliphatic imine (C=N–C) groups is 1. The van der Waals surface area contributed by atoms with E-state index in [2.05, 4.69) is 55.3 Å². The number of likely N-dealkylation sites (tertiary alicyclic amines) is 2. The fourth-order valence-electron chi connectivity index (χ4n) is 5.15. The highest BCUT2D eigenvalue weighted by Gasteiger charge is 2.41. The Morgan fingerprint density at radius 1 is 1.16 bits per heavy atom. The van der Waals surface area contributed by atoms with E-state index in [-0.39, 0.29) is 6.10 Å². The maximum absolute atomic E-state index is 6.15. The fourth-order valence-corrected chi connectivity index (χ4v) is 5.15. The lowest BCUT2D eigenvalue weighted by Gasteiger charge is -2.36. The third kappa shape index (κ3) is 5.98. The average Bonchev–Trinajstić information content (AvgIpc) is 3.25. The van der Waals surface area contributed by atoms with Crippen LogP contribution in [0.15, 0.2) is 35.3 Å². The number of nitrogens with one attached hydrogen (secondary N) is 1. The lowest BCUT2D eigenvalue weighted by atomic mass is 9.97. The van der Waals surface area contributed by atoms with Crippen molar-refractivity contribution in [2.75, 3.05) is 73.2 Å². The molecule has 172 valence electrons. The molecule has 0 bridgehead atoms. The lowest BCUT2D eigenvalue weighted by molar-refractivity contribution is -0.0502. The summed E-state index contributed by atoms with van der Waals surface area (Å²) in [5, 5.41) is 3.67. The lowest BCUT2D eigenvalue weighted by Crippen LogP contribution is -2.50. The Morgan fingerprint density at radius 2 is 1.97 bits per heavy atom. The van der Waals surface area contributed by atoms with Crippen LogP contribution < -0.4 is 5.32 Å². The van der Waals surface area contributed by atoms with Crippen molar-refractivity contribution >= 4 is 5.96 Å². The molecule has 3 saturated heterocycles. The summed E-state index contributed by atoms with van der Waals surface area (Å²) in [5.74, 6) is 1.74. The Labute approximate surface area is 187 Å². The zero-order valence-corrected chi connectivity index (χ0v) is 19.2. The van der Waals surface area contributed by atoms with Gasteiger partial charge in [0.1, 0.15) is 0 Å². The highest BCUT2D eigenvalue weighted by Crippen LogP contribution is 2.25. The Kier molecular flexibility index (Phi) is 8.19. The molecule has 3 aliphatic heterocycles. The average molecular weight is 430 g/mol. The molecule has 0 amide bonds. The van der Waals surface area contributed by atoms with Crippen LogP contribution in [0.1, 0.15) is 18.4 Å². The molecule has 1 N–H and O–H groups in total. The van der Waals surface area contributed by atoms with Crippen molar-refractivity contribution in [3.63, 3.8) is 0 Å². The maximum atomic E-state index is 6.15. The van der Waals surface area contributed by atoms with Crippen LogP contribution in [-0.2, 0) is 16.0 Å². The van der Waals surface area contributed by atoms with Gasteiger partial charge in [-0.2, -0.15) is 0 Å². The molecule has 0 saturated carbocycles. The number of benzene rings is 1. The van der Waals surface area contributed by atoms with Crippen molar-refractivity contribution in [3.05, 3.63) is 35.9 Å². The van der Waals surface area contributed by atoms with E-state index in [1.807, 2.05) is 7.05 Å². The molecule has 0 radical (unpaired) electrons. The summed E-state index contributed by atoms with van der Waals surface area (Å²) < 4.78 is 11.4. The van der Waals surface area contributed by atoms with Gasteiger partial charge >= 0.3 is 0 Å². The topological polar surface area (TPSA) is 52.6 Å². The molecule has 7 nitrogen and oxygen atoms in total. The van der Waals surface area contributed by atoms with Crippen LogP contribution in [0.2, 0.25) is 0 Å². The number of methoxy groups -OCH3 is 1. The second kappa shape index (κ2) is 11.3. The quantitative estimate of drug-likeness (QED) is 0.524. The van der Waals surface area contributed by atoms with Crippen molar-refractivity contribution in [2.24, 2.45) is 10.9 Å². The van der Waals surface area contributed by atoms with Gasteiger partial charge in [-0.3, -0.25) is 9.89 Å². The van der Waals surface area contributed by atoms with Gasteiger partial charge in [0, 0.05) is 53.4 Å². The first-order chi connectivity index (χ1) is 15.3. The van der Waals surface area contributed by atoms with E-state index in [9.17, 15) is 0 Å². The minimum atomic E-state index is 0.264. The zero-order valence-electron chi connectivity index (χ0n) is 19.2. The number of ether oxygens (including phenoxy) is 2. The second-order valence-electron chi connectivity index (χ2n) is 9.04. The number of nitrogens with zero attached hydrogens (tertiary/aromatic N) is 4. The van der Waals surface area contributed by atoms with Crippen molar-refractivity contribution in [1.82, 2.24) is 20.0 Å². The van der Waals surface area contributed by atoms with Crippen molar-refractivity contribution in [2.45, 2.75) is 31.5 Å². The highest BCUT2D eigenvalue weighted by atomic mass is 16.5. The van der Waals surface area contributed by atoms with E-state index >= 15 is 0 Å². The highest BCUT2D eigenvalue weighted by molar-refractivity contribution is 5.80. The van der Waals surface area contributed by atoms with E-state index in [1.165, 1.54) is 31.5 Å². The number of morpholine rings is 1. The molecule has 0 aromatic heterocycles. The van der Waals surface area contributed by atoms with Crippen molar-refractivity contribution in [1.29, 1.82) is 0 Å². The number of rotatable bonds is 7. The Balaban J connectivity index is 1.26. The smallest absolute Gasteiger partial charge is 0.193 e. The molecular formula is C24H39N5O2. The Bertz CT molecular complexity index is 692. The molecule has 2 atom stereocenters. The molecule has 0 spiro atoms. The van der Waals surface area contributed by atoms with Gasteiger partial charge in [-0.15, -0.1) is 0 Å². The first kappa shape index (κ1) is 22.5. The van der Waals surface area contributed by atoms with Crippen LogP contribution in [0.3, 0.4) is 0 Å². The molecule has 31 heavy (non-hydrogen) atoms. The van der Waals surface area contributed by atoms with Gasteiger partial charge < -0.3 is 24.6 Å². The van der Waals surface area contributed by atoms with E-state index in [4.69, 9.17) is 9.47 Å². The largest absolute Gasteiger partial charge is 0.383 e. The van der Waals surface area contributed by atoms with Gasteiger partial charge in [0.15, 0.2) is 5.96 Å². The number of fused-ring (bicyclic) bond motifs is 1. The van der Waals surface area contributed by atoms with Gasteiger partial charge in [-0.1, -0.05) is 30.3 Å². The van der Waals surface area contributed by atoms with Crippen LogP contribution in [0, 0.1) is 5.92 Å². The van der Waals surface area contributed by atoms with Crippen LogP contribution in [0.5, 0.6) is 0 Å². The SMILES string of the molecule is CN=C(NCC1CCN(CCOC)CC1)N1CC2OCCN(Cc3ccccc3)C2C1. The van der Waals surface area contributed by atoms with Gasteiger partial charge in [0.2, 0.25) is 0 Å². The van der Waals surface area contributed by atoms with Crippen molar-refractivity contribution < 1.29 is 9.47 Å². The van der Waals surface area contributed by atoms with Gasteiger partial charge in [0.25, 0.3) is 0 Å². The summed E-state index contributed by atoms with van der Waals surface area (Å²) in [5.41, 5.74) is 1.38. The Morgan fingerprint density at radius 3 is 2.71 bits per heavy atom. The number of hydrogen-bond donors (Lipinski definition) is 1. The van der Waals surface area contributed by atoms with Gasteiger partial charge in [-0.25, -0.2) is 0 Å². The van der Waals surface area contributed by atoms with E-state index < -0.39 is 0 Å². The maximum Gasteiger partial charge on any atom is 0.193 e. The van der Waals surface area contributed by atoms with Crippen molar-refractivity contribution in [3.8, 4) is 0 Å². The molecule has 1 aromatic rings. The monoisotopic (exact) mass is 429 g/mol. The fraction of sp³-hybridized carbons (Fsp3) is 0.708. The molecule has 4 rings (SSSR count). The molecule has 0 aliphatic carbocycles. The molecule has 3 fully saturated rings. The van der Waals surface area contributed by atoms with Gasteiger partial charge in [0.05, 0.1) is 25.4 Å². The van der Waals surface area contributed by atoms with E-state index in [0.29, 0.717) is 12.0 Å². The minimum absolute atomic E-state index is 0.264. The third-order valence-corrected chi connectivity index (χ3v) is 7.02. The summed E-state index contributed by atoms with van der Waals surface area (Å²) in [6.45, 7) is 9.93. The summed E-state index contributed by atoms with van der Waals surface area (Å²) >= 11 is 0. The molecule has 3 heterocycles. The van der Waals surface area contributed by atoms with E-state index in [1.54, 1.807) is 7.11 Å². The minimum Gasteiger partial charge on any atom is -0.383 e. The first-order valence-corrected chi connectivity index (χ1v) is 11.8. The standard InChI is InChI=1S/C24H39N5O2/c1-25-24(26-16-20-8-10-27(11-9-20)12-14-30-2)29-18-22-23(19-29)31-15-13-28(22)17-21-6-4-3-5-7-21/h3-7,20,22-23H,8-19H2,1-2H3,(H,25,26). The molecule has 2 unspecified atom stereocenters. The first-order valence-electron chi connectivity index (χ1n) is 11.8. The summed E-state index contributed by atoms with van der Waals surface area (Å²) in [6.07, 6.45) is 2.75. The predicted octanol–water partition coefficient (Wildman–Crippen LogP) is 1.51. The number of guanidine groups is 1. The van der Waals surface area contributed by atoms with E-state index in [0.717, 1.165) is 58.4 Å². The zero-order chi connectivity index (χ0) is 21.5. The van der Waals surface area contributed by atoms with Gasteiger partial charge in [-0.05, 0) is 37.4 Å². The molecular weight excluding hydrogens is 390 g/mol. The molecule has 1 aromatic carbocycles. The predicted molar refractivity (Wildman–Crippen MR) is 124 cm³/mol. The van der Waals surface area contributed by atoms with Crippen LogP contribution in [0.25, 0.3) is 0 Å². The van der Waals surface area contributed by atoms with Crippen LogP contribution >= 0.6 is 0 Å². The summed E-state index contributed by atoms with van der Waals surface area (Å²) in [6, 6.07) is 11.2. The number of hydrogen-bond acceptors (Lipinski definition) is 5.